The number of hydrogen-bond acceptors (Lipinski definition) is 3. The number of rotatable bonds is 3. The van der Waals surface area contributed by atoms with Crippen LogP contribution in [-0.2, 0) is 4.79 Å². The number of likely N-dealkylation sites (N-methyl/N-ethyl adjacent to an activating group) is 1. The Bertz CT molecular complexity index is 172. The molecule has 0 unspecified atom stereocenters. The van der Waals surface area contributed by atoms with Crippen molar-refractivity contribution in [3.05, 3.63) is 0 Å². The molecular formula is C9H19N3O. The van der Waals surface area contributed by atoms with E-state index in [1.165, 1.54) is 0 Å². The highest BCUT2D eigenvalue weighted by Crippen LogP contribution is 1.97. The van der Waals surface area contributed by atoms with Gasteiger partial charge in [0.25, 0.3) is 0 Å². The first-order valence-electron chi connectivity index (χ1n) is 4.94. The number of carbonyl (C=O) groups excluding carboxylic acids is 1. The van der Waals surface area contributed by atoms with Crippen molar-refractivity contribution < 1.29 is 4.79 Å². The molecule has 1 rings (SSSR count). The van der Waals surface area contributed by atoms with E-state index in [4.69, 9.17) is 0 Å². The fourth-order valence-electron chi connectivity index (χ4n) is 1.61. The Morgan fingerprint density at radius 2 is 2.46 bits per heavy atom. The average molecular weight is 185 g/mol. The highest BCUT2D eigenvalue weighted by molar-refractivity contribution is 5.77. The smallest absolute Gasteiger partial charge is 0.234 e. The van der Waals surface area contributed by atoms with Crippen LogP contribution in [0.2, 0.25) is 0 Å². The number of piperazine rings is 1. The fourth-order valence-corrected chi connectivity index (χ4v) is 1.61. The second-order valence-electron chi connectivity index (χ2n) is 3.54. The van der Waals surface area contributed by atoms with Gasteiger partial charge in [-0.2, -0.15) is 0 Å². The molecule has 1 aliphatic rings. The van der Waals surface area contributed by atoms with Crippen LogP contribution in [0.25, 0.3) is 0 Å². The molecule has 1 amide bonds. The van der Waals surface area contributed by atoms with Crippen LogP contribution in [-0.4, -0.2) is 49.6 Å². The lowest BCUT2D eigenvalue weighted by molar-refractivity contribution is -0.122. The van der Waals surface area contributed by atoms with Crippen LogP contribution in [0.4, 0.5) is 0 Å². The molecule has 0 aromatic heterocycles. The molecule has 0 spiro atoms. The molecule has 2 N–H and O–H groups in total. The number of amides is 1. The van der Waals surface area contributed by atoms with E-state index in [1.807, 2.05) is 6.92 Å². The van der Waals surface area contributed by atoms with Crippen molar-refractivity contribution in [3.8, 4) is 0 Å². The molecule has 0 aromatic carbocycles. The summed E-state index contributed by atoms with van der Waals surface area (Å²) in [5, 5.41) is 6.15. The zero-order valence-electron chi connectivity index (χ0n) is 8.47. The third-order valence-electron chi connectivity index (χ3n) is 2.19. The predicted molar refractivity (Wildman–Crippen MR) is 52.6 cm³/mol. The van der Waals surface area contributed by atoms with E-state index < -0.39 is 0 Å². The summed E-state index contributed by atoms with van der Waals surface area (Å²) in [7, 11) is 0. The quantitative estimate of drug-likeness (QED) is 0.618. The number of hydrogen-bond donors (Lipinski definition) is 2. The molecule has 0 radical (unpaired) electrons. The number of carbonyl (C=O) groups is 1. The topological polar surface area (TPSA) is 44.4 Å². The fraction of sp³-hybridized carbons (Fsp3) is 0.889. The molecule has 13 heavy (non-hydrogen) atoms. The summed E-state index contributed by atoms with van der Waals surface area (Å²) >= 11 is 0. The molecule has 76 valence electrons. The molecule has 0 aliphatic carbocycles. The first-order valence-corrected chi connectivity index (χ1v) is 4.94. The van der Waals surface area contributed by atoms with Crippen molar-refractivity contribution >= 4 is 5.91 Å². The van der Waals surface area contributed by atoms with Crippen LogP contribution in [0.5, 0.6) is 0 Å². The number of nitrogens with zero attached hydrogens (tertiary/aromatic N) is 1. The van der Waals surface area contributed by atoms with Gasteiger partial charge in [0.1, 0.15) is 0 Å². The minimum absolute atomic E-state index is 0.136. The molecule has 1 atom stereocenters. The lowest BCUT2D eigenvalue weighted by atomic mass is 10.2. The van der Waals surface area contributed by atoms with Gasteiger partial charge in [-0.25, -0.2) is 0 Å². The maximum Gasteiger partial charge on any atom is 0.234 e. The van der Waals surface area contributed by atoms with Crippen molar-refractivity contribution in [3.63, 3.8) is 0 Å². The van der Waals surface area contributed by atoms with Crippen molar-refractivity contribution in [1.29, 1.82) is 0 Å². The van der Waals surface area contributed by atoms with E-state index in [9.17, 15) is 4.79 Å². The zero-order chi connectivity index (χ0) is 9.68. The van der Waals surface area contributed by atoms with Gasteiger partial charge in [0.15, 0.2) is 0 Å². The molecule has 0 aromatic rings. The summed E-state index contributed by atoms with van der Waals surface area (Å²) in [4.78, 5) is 13.4. The zero-order valence-corrected chi connectivity index (χ0v) is 8.47. The SMILES string of the molecule is CCNC(=O)CN1CCN[C@@H](C)C1. The van der Waals surface area contributed by atoms with Crippen LogP contribution in [0.15, 0.2) is 0 Å². The highest BCUT2D eigenvalue weighted by Gasteiger charge is 2.17. The van der Waals surface area contributed by atoms with Crippen molar-refractivity contribution in [2.75, 3.05) is 32.7 Å². The highest BCUT2D eigenvalue weighted by atomic mass is 16.2. The van der Waals surface area contributed by atoms with Gasteiger partial charge in [-0.15, -0.1) is 0 Å². The van der Waals surface area contributed by atoms with Crippen LogP contribution < -0.4 is 10.6 Å². The van der Waals surface area contributed by atoms with Gasteiger partial charge in [0, 0.05) is 32.2 Å². The normalized spacial score (nSPS) is 24.3. The van der Waals surface area contributed by atoms with Crippen LogP contribution in [0.1, 0.15) is 13.8 Å². The van der Waals surface area contributed by atoms with Gasteiger partial charge in [0.2, 0.25) is 5.91 Å². The Hall–Kier alpha value is -0.610. The largest absolute Gasteiger partial charge is 0.355 e. The molecule has 4 heteroatoms. The van der Waals surface area contributed by atoms with Crippen LogP contribution in [0, 0.1) is 0 Å². The van der Waals surface area contributed by atoms with Gasteiger partial charge in [-0.05, 0) is 13.8 Å². The standard InChI is InChI=1S/C9H19N3O/c1-3-10-9(13)7-12-5-4-11-8(2)6-12/h8,11H,3-7H2,1-2H3,(H,10,13)/t8-/m0/s1. The Morgan fingerprint density at radius 3 is 3.08 bits per heavy atom. The Morgan fingerprint density at radius 1 is 1.69 bits per heavy atom. The van der Waals surface area contributed by atoms with Gasteiger partial charge in [-0.1, -0.05) is 0 Å². The minimum Gasteiger partial charge on any atom is -0.355 e. The first-order chi connectivity index (χ1) is 6.22. The molecule has 1 heterocycles. The van der Waals surface area contributed by atoms with Crippen molar-refractivity contribution in [2.45, 2.75) is 19.9 Å². The second-order valence-corrected chi connectivity index (χ2v) is 3.54. The van der Waals surface area contributed by atoms with E-state index >= 15 is 0 Å². The van der Waals surface area contributed by atoms with Crippen LogP contribution >= 0.6 is 0 Å². The third-order valence-corrected chi connectivity index (χ3v) is 2.19. The van der Waals surface area contributed by atoms with E-state index in [-0.39, 0.29) is 5.91 Å². The third kappa shape index (κ3) is 3.74. The van der Waals surface area contributed by atoms with Crippen molar-refractivity contribution in [1.82, 2.24) is 15.5 Å². The van der Waals surface area contributed by atoms with Gasteiger partial charge in [0.05, 0.1) is 6.54 Å². The van der Waals surface area contributed by atoms with E-state index in [1.54, 1.807) is 0 Å². The molecule has 0 saturated carbocycles. The van der Waals surface area contributed by atoms with E-state index in [0.29, 0.717) is 12.6 Å². The monoisotopic (exact) mass is 185 g/mol. The van der Waals surface area contributed by atoms with Gasteiger partial charge >= 0.3 is 0 Å². The minimum atomic E-state index is 0.136. The number of nitrogens with one attached hydrogen (secondary N) is 2. The summed E-state index contributed by atoms with van der Waals surface area (Å²) in [6.07, 6.45) is 0. The predicted octanol–water partition coefficient (Wildman–Crippen LogP) is -0.584. The summed E-state index contributed by atoms with van der Waals surface area (Å²) in [5.41, 5.74) is 0. The summed E-state index contributed by atoms with van der Waals surface area (Å²) in [5.74, 6) is 0.136. The summed E-state index contributed by atoms with van der Waals surface area (Å²) in [6.45, 7) is 8.28. The molecule has 1 fully saturated rings. The van der Waals surface area contributed by atoms with Crippen molar-refractivity contribution in [2.24, 2.45) is 0 Å². The molecule has 4 nitrogen and oxygen atoms in total. The first kappa shape index (κ1) is 10.5. The summed E-state index contributed by atoms with van der Waals surface area (Å²) < 4.78 is 0. The second kappa shape index (κ2) is 5.19. The van der Waals surface area contributed by atoms with E-state index in [2.05, 4.69) is 22.5 Å². The summed E-state index contributed by atoms with van der Waals surface area (Å²) in [6, 6.07) is 0.503. The average Bonchev–Trinajstić information content (AvgIpc) is 2.04. The maximum absolute atomic E-state index is 11.2. The van der Waals surface area contributed by atoms with Gasteiger partial charge in [-0.3, -0.25) is 9.69 Å². The molecule has 1 aliphatic heterocycles. The Labute approximate surface area is 79.7 Å². The van der Waals surface area contributed by atoms with Gasteiger partial charge < -0.3 is 10.6 Å². The lowest BCUT2D eigenvalue weighted by Gasteiger charge is -2.31. The van der Waals surface area contributed by atoms with E-state index in [0.717, 1.165) is 26.2 Å². The Balaban J connectivity index is 2.23. The van der Waals surface area contributed by atoms with Crippen LogP contribution in [0.3, 0.4) is 0 Å². The maximum atomic E-state index is 11.2. The molecule has 0 bridgehead atoms. The molecular weight excluding hydrogens is 166 g/mol. The lowest BCUT2D eigenvalue weighted by Crippen LogP contribution is -2.51. The molecule has 1 saturated heterocycles. The Kier molecular flexibility index (Phi) is 4.18.